The molecule has 0 aliphatic carbocycles. The molecule has 14 nitrogen and oxygen atoms in total. The van der Waals surface area contributed by atoms with Gasteiger partial charge in [-0.1, -0.05) is 113 Å². The van der Waals surface area contributed by atoms with Crippen molar-refractivity contribution in [1.82, 2.24) is 5.32 Å². The minimum Gasteiger partial charge on any atom is -0.744 e. The molecule has 438 valence electrons. The average molecular weight is 1280 g/mol. The number of rotatable bonds is 18. The molecule has 7 heterocycles. The van der Waals surface area contributed by atoms with Crippen LogP contribution in [0.2, 0.25) is 5.02 Å². The number of hydrogen-bond donors (Lipinski definition) is 1. The van der Waals surface area contributed by atoms with Crippen LogP contribution in [0, 0.1) is 5.92 Å². The molecule has 0 fully saturated rings. The number of carbonyl (C=O) groups is 1. The highest BCUT2D eigenvalue weighted by atomic mass is 35.5. The summed E-state index contributed by atoms with van der Waals surface area (Å²) in [4.78, 5) is 21.2. The zero-order valence-corrected chi connectivity index (χ0v) is 52.3. The first-order chi connectivity index (χ1) is 41.8. The maximum atomic E-state index is 13.8. The molecule has 3 unspecified atom stereocenters. The zero-order valence-electron chi connectivity index (χ0n) is 46.7. The second-order valence-corrected chi connectivity index (χ2v) is 28.7. The van der Waals surface area contributed by atoms with Crippen LogP contribution in [0.25, 0.3) is 64.8 Å². The molecule has 0 spiro atoms. The zero-order chi connectivity index (χ0) is 58.8. The molecule has 5 aliphatic heterocycles. The number of amides is 1. The number of allylic oxidation sites excluding steroid dienone is 2. The number of halogens is 1. The van der Waals surface area contributed by atoms with Crippen molar-refractivity contribution in [3.8, 4) is 11.1 Å². The van der Waals surface area contributed by atoms with Gasteiger partial charge in [0, 0.05) is 82.1 Å². The second-order valence-electron chi connectivity index (χ2n) is 21.9. The van der Waals surface area contributed by atoms with E-state index in [1.807, 2.05) is 42.5 Å². The first kappa shape index (κ1) is 57.7. The SMILES string of the molecule is CCC(=Cc1sc2ccc(-c3ccccc3)cc2[n+]1C)C=C1Sc2ccc(Cl)cc2N1CCOCCCNC(=O)CCC1C[n+]2c(sc3cc4cc(S(=O)(=O)[O-])ccc4cc32)C2=CC3=C4Sc5cc6cc(SOO[O-])ccc6cc5N4CCC3OC21. The minimum atomic E-state index is -4.65. The van der Waals surface area contributed by atoms with E-state index in [9.17, 15) is 23.0 Å². The van der Waals surface area contributed by atoms with Gasteiger partial charge in [-0.2, -0.15) is 13.5 Å². The van der Waals surface area contributed by atoms with Crippen molar-refractivity contribution in [3.05, 3.63) is 176 Å². The van der Waals surface area contributed by atoms with Gasteiger partial charge in [-0.25, -0.2) is 8.42 Å². The molecule has 0 saturated heterocycles. The molecule has 21 heteroatoms. The fourth-order valence-electron chi connectivity index (χ4n) is 12.3. The maximum Gasteiger partial charge on any atom is 0.268 e. The van der Waals surface area contributed by atoms with E-state index in [1.54, 1.807) is 52.3 Å². The summed E-state index contributed by atoms with van der Waals surface area (Å²) in [6.45, 7) is 5.70. The lowest BCUT2D eigenvalue weighted by atomic mass is 9.84. The standard InChI is InChI=1S/C65H56ClN5O9S6/c1-3-38(26-61-68(2)51-30-40(12-17-56(51)81-61)39-8-5-4-6-9-39)27-62-69(54-35-46(66)14-18-57(54)82-62)23-25-77-24-7-21-67-60(72)19-13-43-37-71-53-32-42-11-16-48(86(74,75)76)29-45(42)34-59(53)84-65(71)50-36-49-55(78-63(43)50)20-22-70-52-31-41-10-15-47(85-80-79-73)28-44(41)33-58(52)83-64(49)70/h4-6,8-12,14-18,26-36,43,55,63H,3,7,13,19-25,37H2,1-2H3,(H-2,67,72,73,74,75,76). The quantitative estimate of drug-likeness (QED) is 0.0216. The third-order valence-corrected chi connectivity index (χ3v) is 22.9. The van der Waals surface area contributed by atoms with Crippen molar-refractivity contribution >= 4 is 151 Å². The van der Waals surface area contributed by atoms with Crippen LogP contribution in [-0.4, -0.2) is 63.9 Å². The van der Waals surface area contributed by atoms with Crippen molar-refractivity contribution in [2.45, 2.75) is 77.4 Å². The highest BCUT2D eigenvalue weighted by Crippen LogP contribution is 2.54. The Bertz CT molecular complexity index is 4470. The van der Waals surface area contributed by atoms with Gasteiger partial charge >= 0.3 is 0 Å². The van der Waals surface area contributed by atoms with Gasteiger partial charge in [-0.3, -0.25) is 9.83 Å². The fraction of sp³-hybridized carbons (Fsp3) is 0.246. The summed E-state index contributed by atoms with van der Waals surface area (Å²) in [5.41, 5.74) is 10.2. The molecule has 0 saturated carbocycles. The summed E-state index contributed by atoms with van der Waals surface area (Å²) in [6, 6.07) is 42.1. The van der Waals surface area contributed by atoms with Crippen molar-refractivity contribution in [3.63, 3.8) is 0 Å². The van der Waals surface area contributed by atoms with Gasteiger partial charge in [0.15, 0.2) is 6.54 Å². The van der Waals surface area contributed by atoms with Crippen LogP contribution in [0.3, 0.4) is 0 Å². The molecule has 2 aromatic heterocycles. The Hall–Kier alpha value is -6.08. The maximum absolute atomic E-state index is 13.8. The van der Waals surface area contributed by atoms with Crippen LogP contribution in [0.1, 0.15) is 49.0 Å². The molecule has 1 amide bonds. The minimum absolute atomic E-state index is 0.0219. The highest BCUT2D eigenvalue weighted by molar-refractivity contribution is 8.04. The summed E-state index contributed by atoms with van der Waals surface area (Å²) < 4.78 is 61.1. The summed E-state index contributed by atoms with van der Waals surface area (Å²) in [6.07, 6.45) is 9.74. The molecule has 1 N–H and O–H groups in total. The van der Waals surface area contributed by atoms with Gasteiger partial charge in [0.05, 0.1) is 62.8 Å². The van der Waals surface area contributed by atoms with E-state index >= 15 is 0 Å². The van der Waals surface area contributed by atoms with Crippen molar-refractivity contribution < 1.29 is 51.0 Å². The van der Waals surface area contributed by atoms with Crippen LogP contribution in [0.15, 0.2) is 180 Å². The van der Waals surface area contributed by atoms with Crippen LogP contribution >= 0.6 is 69.8 Å². The normalized spacial score (nSPS) is 18.7. The summed E-state index contributed by atoms with van der Waals surface area (Å²) >= 11 is 14.4. The number of thioether (sulfide) groups is 2. The number of ether oxygens (including phenoxy) is 2. The third kappa shape index (κ3) is 11.3. The Kier molecular flexibility index (Phi) is 16.2. The molecule has 7 aromatic carbocycles. The summed E-state index contributed by atoms with van der Waals surface area (Å²) in [5.74, 6) is -0.0499. The van der Waals surface area contributed by atoms with Crippen molar-refractivity contribution in [2.24, 2.45) is 13.0 Å². The largest absolute Gasteiger partial charge is 0.744 e. The van der Waals surface area contributed by atoms with E-state index in [0.29, 0.717) is 62.5 Å². The molecular formula is C65H56ClN5O9S6. The summed E-state index contributed by atoms with van der Waals surface area (Å²) in [7, 11) is -2.50. The van der Waals surface area contributed by atoms with Crippen LogP contribution in [0.5, 0.6) is 0 Å². The van der Waals surface area contributed by atoms with E-state index in [4.69, 9.17) is 21.1 Å². The van der Waals surface area contributed by atoms with E-state index < -0.39 is 10.1 Å². The Balaban J connectivity index is 0.647. The van der Waals surface area contributed by atoms with E-state index in [1.165, 1.54) is 44.1 Å². The van der Waals surface area contributed by atoms with Gasteiger partial charge in [0.25, 0.3) is 10.0 Å². The highest BCUT2D eigenvalue weighted by Gasteiger charge is 2.48. The van der Waals surface area contributed by atoms with Crippen molar-refractivity contribution in [2.75, 3.05) is 42.6 Å². The van der Waals surface area contributed by atoms with E-state index in [0.717, 1.165) is 110 Å². The second kappa shape index (κ2) is 24.1. The predicted octanol–water partition coefficient (Wildman–Crippen LogP) is 13.2. The Morgan fingerprint density at radius 1 is 0.872 bits per heavy atom. The van der Waals surface area contributed by atoms with Crippen molar-refractivity contribution in [1.29, 1.82) is 0 Å². The van der Waals surface area contributed by atoms with Crippen LogP contribution < -0.4 is 29.5 Å². The lowest BCUT2D eigenvalue weighted by Crippen LogP contribution is -2.52. The number of thiazole rings is 2. The van der Waals surface area contributed by atoms with Gasteiger partial charge in [-0.15, -0.1) is 0 Å². The lowest BCUT2D eigenvalue weighted by molar-refractivity contribution is -0.777. The first-order valence-electron chi connectivity index (χ1n) is 28.5. The molecule has 0 radical (unpaired) electrons. The Morgan fingerprint density at radius 2 is 1.72 bits per heavy atom. The summed E-state index contributed by atoms with van der Waals surface area (Å²) in [5, 5.41) is 26.0. The monoisotopic (exact) mass is 1280 g/mol. The molecule has 86 heavy (non-hydrogen) atoms. The molecule has 9 aromatic rings. The molecule has 14 rings (SSSR count). The van der Waals surface area contributed by atoms with E-state index in [-0.39, 0.29) is 28.9 Å². The smallest absolute Gasteiger partial charge is 0.268 e. The van der Waals surface area contributed by atoms with E-state index in [2.05, 4.69) is 133 Å². The number of anilines is 2. The average Bonchev–Trinajstić information content (AvgIpc) is 1.63. The lowest BCUT2D eigenvalue weighted by Gasteiger charge is -2.41. The van der Waals surface area contributed by atoms with Gasteiger partial charge in [-0.05, 0) is 143 Å². The third-order valence-electron chi connectivity index (χ3n) is 16.6. The number of hydrogen-bond acceptors (Lipinski definition) is 16. The molecule has 0 bridgehead atoms. The number of nitrogens with zero attached hydrogens (tertiary/aromatic N) is 4. The predicted molar refractivity (Wildman–Crippen MR) is 342 cm³/mol. The molecule has 5 aliphatic rings. The number of benzene rings is 7. The Labute approximate surface area is 523 Å². The van der Waals surface area contributed by atoms with Gasteiger partial charge < -0.3 is 34.4 Å². The van der Waals surface area contributed by atoms with Crippen LogP contribution in [-0.2, 0) is 47.4 Å². The number of nitrogens with one attached hydrogen (secondary N) is 1. The number of carbonyl (C=O) groups excluding carboxylic acids is 1. The first-order valence-corrected chi connectivity index (χ1v) is 34.3. The number of aromatic nitrogens is 2. The molecular weight excluding hydrogens is 1220 g/mol. The Morgan fingerprint density at radius 3 is 2.57 bits per heavy atom. The molecule has 3 atom stereocenters. The van der Waals surface area contributed by atoms with Gasteiger partial charge in [0.1, 0.15) is 26.6 Å². The van der Waals surface area contributed by atoms with Gasteiger partial charge in [0.2, 0.25) is 16.9 Å². The number of fused-ring (bicyclic) bond motifs is 13. The van der Waals surface area contributed by atoms with Crippen LogP contribution in [0.4, 0.5) is 11.4 Å². The fourth-order valence-corrected chi connectivity index (χ4v) is 18.2. The topological polar surface area (TPSA) is 161 Å². The number of aryl methyl sites for hydroxylation is 1.